The zero-order valence-corrected chi connectivity index (χ0v) is 9.51. The second-order valence-corrected chi connectivity index (χ2v) is 3.79. The fourth-order valence-electron chi connectivity index (χ4n) is 1.62. The summed E-state index contributed by atoms with van der Waals surface area (Å²) >= 11 is 0. The largest absolute Gasteiger partial charge is 0.496 e. The lowest BCUT2D eigenvalue weighted by molar-refractivity contribution is 0.404. The van der Waals surface area contributed by atoms with E-state index in [9.17, 15) is 4.39 Å². The molecule has 15 heavy (non-hydrogen) atoms. The summed E-state index contributed by atoms with van der Waals surface area (Å²) < 4.78 is 18.6. The van der Waals surface area contributed by atoms with Gasteiger partial charge in [-0.1, -0.05) is 6.92 Å². The first kappa shape index (κ1) is 12.0. The van der Waals surface area contributed by atoms with Gasteiger partial charge in [0.1, 0.15) is 11.6 Å². The fraction of sp³-hybridized carbons (Fsp3) is 0.500. The van der Waals surface area contributed by atoms with Crippen LogP contribution in [-0.4, -0.2) is 13.2 Å². The van der Waals surface area contributed by atoms with Crippen LogP contribution in [-0.2, 0) is 12.8 Å². The molecule has 1 unspecified atom stereocenters. The van der Waals surface area contributed by atoms with Gasteiger partial charge >= 0.3 is 0 Å². The lowest BCUT2D eigenvalue weighted by atomic mass is 10.0. The molecule has 0 fully saturated rings. The van der Waals surface area contributed by atoms with E-state index in [4.69, 9.17) is 10.5 Å². The summed E-state index contributed by atoms with van der Waals surface area (Å²) in [7, 11) is 1.55. The summed E-state index contributed by atoms with van der Waals surface area (Å²) in [5.41, 5.74) is 7.42. The van der Waals surface area contributed by atoms with Crippen LogP contribution in [0.2, 0.25) is 0 Å². The Morgan fingerprint density at radius 2 is 2.07 bits per heavy atom. The molecular formula is C12H18FNO. The molecule has 0 aliphatic carbocycles. The predicted octanol–water partition coefficient (Wildman–Crippen LogP) is 2.29. The second kappa shape index (κ2) is 5.12. The van der Waals surface area contributed by atoms with E-state index in [-0.39, 0.29) is 11.9 Å². The summed E-state index contributed by atoms with van der Waals surface area (Å²) in [5, 5.41) is 0. The van der Waals surface area contributed by atoms with Gasteiger partial charge in [0.05, 0.1) is 7.11 Å². The van der Waals surface area contributed by atoms with Crippen LogP contribution >= 0.6 is 0 Å². The number of halogens is 1. The quantitative estimate of drug-likeness (QED) is 0.829. The summed E-state index contributed by atoms with van der Waals surface area (Å²) in [6, 6.07) is 3.34. The van der Waals surface area contributed by atoms with Gasteiger partial charge in [0, 0.05) is 12.1 Å². The highest BCUT2D eigenvalue weighted by atomic mass is 19.1. The molecule has 0 aliphatic rings. The highest BCUT2D eigenvalue weighted by molar-refractivity contribution is 5.38. The van der Waals surface area contributed by atoms with Crippen LogP contribution in [0.1, 0.15) is 25.0 Å². The fourth-order valence-corrected chi connectivity index (χ4v) is 1.62. The number of rotatable bonds is 4. The van der Waals surface area contributed by atoms with E-state index in [1.165, 1.54) is 6.07 Å². The molecular weight excluding hydrogens is 193 g/mol. The average molecular weight is 211 g/mol. The molecule has 1 rings (SSSR count). The molecule has 0 bridgehead atoms. The number of hydrogen-bond donors (Lipinski definition) is 1. The monoisotopic (exact) mass is 211 g/mol. The van der Waals surface area contributed by atoms with Gasteiger partial charge in [-0.15, -0.1) is 0 Å². The minimum atomic E-state index is -0.206. The van der Waals surface area contributed by atoms with Crippen LogP contribution in [0.5, 0.6) is 5.75 Å². The maximum atomic E-state index is 13.4. The Bertz CT molecular complexity index is 337. The van der Waals surface area contributed by atoms with E-state index in [2.05, 4.69) is 0 Å². The number of benzene rings is 1. The SMILES string of the molecule is CCc1cc(CC(C)N)c(OC)cc1F. The Hall–Kier alpha value is -1.09. The molecule has 1 aromatic rings. The lowest BCUT2D eigenvalue weighted by Gasteiger charge is -2.13. The third kappa shape index (κ3) is 2.93. The van der Waals surface area contributed by atoms with E-state index >= 15 is 0 Å². The Balaban J connectivity index is 3.10. The van der Waals surface area contributed by atoms with Gasteiger partial charge in [-0.05, 0) is 37.0 Å². The first-order valence-electron chi connectivity index (χ1n) is 5.19. The molecule has 0 amide bonds. The molecule has 0 aliphatic heterocycles. The van der Waals surface area contributed by atoms with Gasteiger partial charge in [0.15, 0.2) is 0 Å². The number of nitrogens with two attached hydrogens (primary N) is 1. The van der Waals surface area contributed by atoms with Crippen LogP contribution in [0.15, 0.2) is 12.1 Å². The third-order valence-corrected chi connectivity index (χ3v) is 2.37. The summed E-state index contributed by atoms with van der Waals surface area (Å²) in [4.78, 5) is 0. The van der Waals surface area contributed by atoms with Crippen LogP contribution in [0.25, 0.3) is 0 Å². The maximum absolute atomic E-state index is 13.4. The van der Waals surface area contributed by atoms with Crippen molar-refractivity contribution < 1.29 is 9.13 Å². The van der Waals surface area contributed by atoms with Crippen LogP contribution in [0.3, 0.4) is 0 Å². The topological polar surface area (TPSA) is 35.2 Å². The molecule has 0 heterocycles. The standard InChI is InChI=1S/C12H18FNO/c1-4-9-6-10(5-8(2)14)12(15-3)7-11(9)13/h6-8H,4-5,14H2,1-3H3. The molecule has 0 saturated heterocycles. The molecule has 0 saturated carbocycles. The smallest absolute Gasteiger partial charge is 0.130 e. The molecule has 1 aromatic carbocycles. The number of ether oxygens (including phenoxy) is 1. The molecule has 3 heteroatoms. The van der Waals surface area contributed by atoms with Gasteiger partial charge in [-0.25, -0.2) is 4.39 Å². The van der Waals surface area contributed by atoms with Crippen molar-refractivity contribution in [2.24, 2.45) is 5.73 Å². The van der Waals surface area contributed by atoms with Crippen LogP contribution in [0.4, 0.5) is 4.39 Å². The van der Waals surface area contributed by atoms with Crippen LogP contribution in [0, 0.1) is 5.82 Å². The summed E-state index contributed by atoms with van der Waals surface area (Å²) in [6.45, 7) is 3.86. The molecule has 2 nitrogen and oxygen atoms in total. The third-order valence-electron chi connectivity index (χ3n) is 2.37. The highest BCUT2D eigenvalue weighted by Crippen LogP contribution is 2.24. The van der Waals surface area contributed by atoms with Crippen molar-refractivity contribution >= 4 is 0 Å². The van der Waals surface area contributed by atoms with E-state index < -0.39 is 0 Å². The highest BCUT2D eigenvalue weighted by Gasteiger charge is 2.10. The maximum Gasteiger partial charge on any atom is 0.130 e. The van der Waals surface area contributed by atoms with E-state index in [0.717, 1.165) is 5.56 Å². The number of methoxy groups -OCH3 is 1. The van der Waals surface area contributed by atoms with Crippen molar-refractivity contribution in [3.8, 4) is 5.75 Å². The van der Waals surface area contributed by atoms with Gasteiger partial charge in [-0.3, -0.25) is 0 Å². The van der Waals surface area contributed by atoms with Gasteiger partial charge < -0.3 is 10.5 Å². The molecule has 2 N–H and O–H groups in total. The minimum absolute atomic E-state index is 0.0501. The molecule has 0 radical (unpaired) electrons. The first-order chi connectivity index (χ1) is 7.08. The van der Waals surface area contributed by atoms with E-state index in [0.29, 0.717) is 24.2 Å². The van der Waals surface area contributed by atoms with Gasteiger partial charge in [0.25, 0.3) is 0 Å². The molecule has 84 valence electrons. The Morgan fingerprint density at radius 1 is 1.40 bits per heavy atom. The van der Waals surface area contributed by atoms with Crippen molar-refractivity contribution in [1.29, 1.82) is 0 Å². The minimum Gasteiger partial charge on any atom is -0.496 e. The summed E-state index contributed by atoms with van der Waals surface area (Å²) in [5.74, 6) is 0.379. The number of aryl methyl sites for hydroxylation is 1. The van der Waals surface area contributed by atoms with E-state index in [1.54, 1.807) is 7.11 Å². The number of hydrogen-bond acceptors (Lipinski definition) is 2. The van der Waals surface area contributed by atoms with Crippen molar-refractivity contribution in [2.75, 3.05) is 7.11 Å². The van der Waals surface area contributed by atoms with Gasteiger partial charge in [0.2, 0.25) is 0 Å². The Labute approximate surface area is 90.2 Å². The molecule has 0 spiro atoms. The normalized spacial score (nSPS) is 12.6. The molecule has 0 aromatic heterocycles. The summed E-state index contributed by atoms with van der Waals surface area (Å²) in [6.07, 6.45) is 1.39. The molecule has 1 atom stereocenters. The van der Waals surface area contributed by atoms with Crippen molar-refractivity contribution in [3.05, 3.63) is 29.1 Å². The van der Waals surface area contributed by atoms with E-state index in [1.807, 2.05) is 19.9 Å². The van der Waals surface area contributed by atoms with Gasteiger partial charge in [-0.2, -0.15) is 0 Å². The first-order valence-corrected chi connectivity index (χ1v) is 5.19. The van der Waals surface area contributed by atoms with Crippen molar-refractivity contribution in [2.45, 2.75) is 32.7 Å². The lowest BCUT2D eigenvalue weighted by Crippen LogP contribution is -2.18. The predicted molar refractivity (Wildman–Crippen MR) is 59.7 cm³/mol. The second-order valence-electron chi connectivity index (χ2n) is 3.79. The zero-order valence-electron chi connectivity index (χ0n) is 9.51. The van der Waals surface area contributed by atoms with Crippen molar-refractivity contribution in [3.63, 3.8) is 0 Å². The zero-order chi connectivity index (χ0) is 11.4. The Morgan fingerprint density at radius 3 is 2.53 bits per heavy atom. The Kier molecular flexibility index (Phi) is 4.09. The van der Waals surface area contributed by atoms with Crippen LogP contribution < -0.4 is 10.5 Å². The average Bonchev–Trinajstić information content (AvgIpc) is 2.19. The van der Waals surface area contributed by atoms with Crippen molar-refractivity contribution in [1.82, 2.24) is 0 Å².